The van der Waals surface area contributed by atoms with E-state index in [-0.39, 0.29) is 11.8 Å². The molecule has 2 aromatic rings. The van der Waals surface area contributed by atoms with Gasteiger partial charge in [0.25, 0.3) is 0 Å². The lowest BCUT2D eigenvalue weighted by molar-refractivity contribution is -0.122. The van der Waals surface area contributed by atoms with Crippen LogP contribution in [0.3, 0.4) is 0 Å². The van der Waals surface area contributed by atoms with Crippen LogP contribution >= 0.6 is 11.5 Å². The first-order valence-corrected chi connectivity index (χ1v) is 8.86. The molecule has 0 saturated heterocycles. The molecule has 0 radical (unpaired) electrons. The molecule has 1 aliphatic rings. The van der Waals surface area contributed by atoms with E-state index in [4.69, 9.17) is 0 Å². The van der Waals surface area contributed by atoms with Crippen LogP contribution < -0.4 is 10.6 Å². The minimum Gasteiger partial charge on any atom is -0.356 e. The lowest BCUT2D eigenvalue weighted by atomic mass is 9.85. The number of nitrogens with one attached hydrogen (secondary N) is 2. The second-order valence-corrected chi connectivity index (χ2v) is 7.04. The van der Waals surface area contributed by atoms with E-state index in [0.29, 0.717) is 12.5 Å². The average molecular weight is 330 g/mol. The summed E-state index contributed by atoms with van der Waals surface area (Å²) in [5, 5.41) is 7.13. The van der Waals surface area contributed by atoms with Gasteiger partial charge < -0.3 is 10.6 Å². The van der Waals surface area contributed by atoms with E-state index < -0.39 is 0 Å². The molecule has 23 heavy (non-hydrogen) atoms. The number of amides is 1. The van der Waals surface area contributed by atoms with Crippen LogP contribution in [0.25, 0.3) is 0 Å². The molecule has 1 aromatic heterocycles. The molecular weight excluding hydrogens is 308 g/mol. The third kappa shape index (κ3) is 4.07. The van der Waals surface area contributed by atoms with Gasteiger partial charge in [0.05, 0.1) is 0 Å². The van der Waals surface area contributed by atoms with Crippen LogP contribution in [0.2, 0.25) is 0 Å². The topological polar surface area (TPSA) is 66.9 Å². The van der Waals surface area contributed by atoms with Crippen LogP contribution in [0.4, 0.5) is 10.8 Å². The number of anilines is 2. The Morgan fingerprint density at radius 2 is 2.22 bits per heavy atom. The minimum absolute atomic E-state index is 0.145. The Kier molecular flexibility index (Phi) is 4.91. The van der Waals surface area contributed by atoms with E-state index in [0.717, 1.165) is 35.0 Å². The summed E-state index contributed by atoms with van der Waals surface area (Å²) in [5.41, 5.74) is 1.97. The molecule has 2 N–H and O–H groups in total. The summed E-state index contributed by atoms with van der Waals surface area (Å²) < 4.78 is 4.33. The standard InChI is InChI=1S/C17H22N4OS/c1-11(2)15-20-17(23-21-15)18-10-12-5-3-8-14(9-12)19-16(22)13-6-4-7-13/h3,5,8-9,11,13H,4,6-7,10H2,1-2H3,(H,19,22)(H,18,20,21). The molecule has 1 aromatic carbocycles. The molecule has 5 nitrogen and oxygen atoms in total. The van der Waals surface area contributed by atoms with Crippen molar-refractivity contribution in [3.63, 3.8) is 0 Å². The predicted molar refractivity (Wildman–Crippen MR) is 93.7 cm³/mol. The molecule has 1 saturated carbocycles. The Bertz CT molecular complexity index is 679. The maximum Gasteiger partial charge on any atom is 0.227 e. The van der Waals surface area contributed by atoms with Crippen LogP contribution in [0.15, 0.2) is 24.3 Å². The van der Waals surface area contributed by atoms with Gasteiger partial charge in [-0.15, -0.1) is 0 Å². The van der Waals surface area contributed by atoms with E-state index in [1.807, 2.05) is 24.3 Å². The Labute approximate surface area is 140 Å². The number of carbonyl (C=O) groups excluding carboxylic acids is 1. The van der Waals surface area contributed by atoms with Gasteiger partial charge in [-0.3, -0.25) is 4.79 Å². The van der Waals surface area contributed by atoms with Gasteiger partial charge in [-0.1, -0.05) is 32.4 Å². The van der Waals surface area contributed by atoms with Crippen molar-refractivity contribution in [1.29, 1.82) is 0 Å². The number of aromatic nitrogens is 2. The normalized spacial score (nSPS) is 14.6. The Balaban J connectivity index is 1.57. The van der Waals surface area contributed by atoms with Gasteiger partial charge >= 0.3 is 0 Å². The van der Waals surface area contributed by atoms with E-state index in [9.17, 15) is 4.79 Å². The number of hydrogen-bond acceptors (Lipinski definition) is 5. The Hall–Kier alpha value is -1.95. The molecule has 0 bridgehead atoms. The van der Waals surface area contributed by atoms with E-state index in [2.05, 4.69) is 33.8 Å². The molecule has 1 amide bonds. The van der Waals surface area contributed by atoms with Crippen molar-refractivity contribution in [3.8, 4) is 0 Å². The van der Waals surface area contributed by atoms with Crippen LogP contribution in [-0.2, 0) is 11.3 Å². The SMILES string of the molecule is CC(C)c1nsc(NCc2cccc(NC(=O)C3CCC3)c2)n1. The van der Waals surface area contributed by atoms with Crippen molar-refractivity contribution in [2.24, 2.45) is 5.92 Å². The monoisotopic (exact) mass is 330 g/mol. The van der Waals surface area contributed by atoms with Crippen LogP contribution in [-0.4, -0.2) is 15.3 Å². The van der Waals surface area contributed by atoms with Crippen molar-refractivity contribution in [2.75, 3.05) is 10.6 Å². The quantitative estimate of drug-likeness (QED) is 0.840. The van der Waals surface area contributed by atoms with Crippen LogP contribution in [0, 0.1) is 5.92 Å². The van der Waals surface area contributed by atoms with Gasteiger partial charge in [0.2, 0.25) is 11.0 Å². The maximum atomic E-state index is 12.0. The summed E-state index contributed by atoms with van der Waals surface area (Å²) >= 11 is 1.38. The van der Waals surface area contributed by atoms with Crippen LogP contribution in [0.5, 0.6) is 0 Å². The molecule has 122 valence electrons. The molecule has 0 aliphatic heterocycles. The summed E-state index contributed by atoms with van der Waals surface area (Å²) in [4.78, 5) is 16.5. The van der Waals surface area contributed by atoms with Crippen molar-refractivity contribution in [3.05, 3.63) is 35.7 Å². The number of rotatable bonds is 6. The molecule has 3 rings (SSSR count). The first-order chi connectivity index (χ1) is 11.1. The first kappa shape index (κ1) is 15.9. The summed E-state index contributed by atoms with van der Waals surface area (Å²) in [6, 6.07) is 7.94. The van der Waals surface area contributed by atoms with Gasteiger partial charge in [0.15, 0.2) is 0 Å². The molecule has 0 atom stereocenters. The van der Waals surface area contributed by atoms with Gasteiger partial charge in [-0.05, 0) is 30.5 Å². The van der Waals surface area contributed by atoms with Crippen molar-refractivity contribution >= 4 is 28.3 Å². The lowest BCUT2D eigenvalue weighted by Gasteiger charge is -2.24. The fourth-order valence-electron chi connectivity index (χ4n) is 2.39. The highest BCUT2D eigenvalue weighted by atomic mass is 32.1. The first-order valence-electron chi connectivity index (χ1n) is 8.09. The number of hydrogen-bond donors (Lipinski definition) is 2. The molecule has 1 fully saturated rings. The maximum absolute atomic E-state index is 12.0. The zero-order valence-electron chi connectivity index (χ0n) is 13.5. The van der Waals surface area contributed by atoms with E-state index in [1.165, 1.54) is 18.0 Å². The average Bonchev–Trinajstić information content (AvgIpc) is 2.92. The summed E-state index contributed by atoms with van der Waals surface area (Å²) in [5.74, 6) is 1.56. The second-order valence-electron chi connectivity index (χ2n) is 6.28. The van der Waals surface area contributed by atoms with Gasteiger partial charge in [0, 0.05) is 35.6 Å². The van der Waals surface area contributed by atoms with Crippen molar-refractivity contribution in [1.82, 2.24) is 9.36 Å². The summed E-state index contributed by atoms with van der Waals surface area (Å²) in [7, 11) is 0. The highest BCUT2D eigenvalue weighted by Gasteiger charge is 2.25. The van der Waals surface area contributed by atoms with Crippen LogP contribution in [0.1, 0.15) is 50.4 Å². The van der Waals surface area contributed by atoms with Crippen molar-refractivity contribution < 1.29 is 4.79 Å². The summed E-state index contributed by atoms with van der Waals surface area (Å²) in [6.45, 7) is 4.83. The van der Waals surface area contributed by atoms with Gasteiger partial charge in [-0.2, -0.15) is 4.37 Å². The highest BCUT2D eigenvalue weighted by molar-refractivity contribution is 7.09. The third-order valence-electron chi connectivity index (χ3n) is 4.07. The van der Waals surface area contributed by atoms with Gasteiger partial charge in [0.1, 0.15) is 5.82 Å². The Morgan fingerprint density at radius 3 is 2.87 bits per heavy atom. The smallest absolute Gasteiger partial charge is 0.227 e. The second kappa shape index (κ2) is 7.08. The third-order valence-corrected chi connectivity index (χ3v) is 4.76. The molecule has 0 spiro atoms. The zero-order chi connectivity index (χ0) is 16.2. The fraction of sp³-hybridized carbons (Fsp3) is 0.471. The Morgan fingerprint density at radius 1 is 1.39 bits per heavy atom. The van der Waals surface area contributed by atoms with E-state index >= 15 is 0 Å². The molecule has 6 heteroatoms. The predicted octanol–water partition coefficient (Wildman–Crippen LogP) is 4.01. The molecular formula is C17H22N4OS. The highest BCUT2D eigenvalue weighted by Crippen LogP contribution is 2.27. The number of carbonyl (C=O) groups is 1. The minimum atomic E-state index is 0.145. The summed E-state index contributed by atoms with van der Waals surface area (Å²) in [6.07, 6.45) is 3.20. The fourth-order valence-corrected chi connectivity index (χ4v) is 3.10. The largest absolute Gasteiger partial charge is 0.356 e. The molecule has 0 unspecified atom stereocenters. The molecule has 1 heterocycles. The van der Waals surface area contributed by atoms with E-state index in [1.54, 1.807) is 0 Å². The van der Waals surface area contributed by atoms with Crippen molar-refractivity contribution in [2.45, 2.75) is 45.6 Å². The number of nitrogens with zero attached hydrogens (tertiary/aromatic N) is 2. The lowest BCUT2D eigenvalue weighted by Crippen LogP contribution is -2.28. The zero-order valence-corrected chi connectivity index (χ0v) is 14.3. The molecule has 1 aliphatic carbocycles. The van der Waals surface area contributed by atoms with Gasteiger partial charge in [-0.25, -0.2) is 4.98 Å². The number of benzene rings is 1.